The van der Waals surface area contributed by atoms with Gasteiger partial charge >= 0.3 is 0 Å². The maximum Gasteiger partial charge on any atom is 0.229 e. The molecule has 0 aliphatic carbocycles. The van der Waals surface area contributed by atoms with Gasteiger partial charge in [0, 0.05) is 18.5 Å². The Morgan fingerprint density at radius 1 is 1.03 bits per heavy atom. The topological polar surface area (TPSA) is 98.5 Å². The van der Waals surface area contributed by atoms with Gasteiger partial charge in [0.1, 0.15) is 5.82 Å². The first kappa shape index (κ1) is 23.1. The molecule has 9 heteroatoms. The maximum atomic E-state index is 13.4. The van der Waals surface area contributed by atoms with Gasteiger partial charge in [0.2, 0.25) is 14.9 Å². The van der Waals surface area contributed by atoms with Gasteiger partial charge in [-0.25, -0.2) is 13.4 Å². The van der Waals surface area contributed by atoms with E-state index in [0.717, 1.165) is 22.9 Å². The van der Waals surface area contributed by atoms with Crippen molar-refractivity contribution in [2.45, 2.75) is 56.1 Å². The lowest BCUT2D eigenvalue weighted by atomic mass is 10.0. The van der Waals surface area contributed by atoms with Crippen LogP contribution in [0.4, 0.5) is 5.82 Å². The number of nitrogens with one attached hydrogen (secondary N) is 1. The molecular weight excluding hydrogens is 438 g/mol. The lowest BCUT2D eigenvalue weighted by molar-refractivity contribution is 0.0787. The van der Waals surface area contributed by atoms with E-state index in [1.54, 1.807) is 12.1 Å². The molecule has 2 aromatic carbocycles. The van der Waals surface area contributed by atoms with Gasteiger partial charge in [0.25, 0.3) is 0 Å². The second-order valence-corrected chi connectivity index (χ2v) is 10.4. The molecule has 2 aromatic heterocycles. The van der Waals surface area contributed by atoms with Gasteiger partial charge in [-0.2, -0.15) is 4.52 Å². The summed E-state index contributed by atoms with van der Waals surface area (Å²) in [5.74, 6) is 0.904. The normalized spacial score (nSPS) is 12.3. The van der Waals surface area contributed by atoms with Crippen molar-refractivity contribution in [3.8, 4) is 0 Å². The summed E-state index contributed by atoms with van der Waals surface area (Å²) in [7, 11) is -3.89. The third kappa shape index (κ3) is 4.69. The number of anilines is 1. The second-order valence-electron chi connectivity index (χ2n) is 8.53. The van der Waals surface area contributed by atoms with Gasteiger partial charge in [0.05, 0.1) is 16.5 Å². The molecule has 0 saturated carbocycles. The van der Waals surface area contributed by atoms with Gasteiger partial charge in [0.15, 0.2) is 5.65 Å². The number of rotatable bonds is 9. The Balaban J connectivity index is 1.74. The fourth-order valence-electron chi connectivity index (χ4n) is 3.60. The number of hydrogen-bond acceptors (Lipinski definition) is 7. The summed E-state index contributed by atoms with van der Waals surface area (Å²) in [5.41, 5.74) is 1.99. The van der Waals surface area contributed by atoms with E-state index < -0.39 is 9.84 Å². The lowest BCUT2D eigenvalue weighted by Gasteiger charge is -2.11. The number of aromatic nitrogens is 4. The number of nitrogens with zero attached hydrogens (tertiary/aromatic N) is 4. The molecule has 4 aromatic rings. The van der Waals surface area contributed by atoms with Crippen molar-refractivity contribution < 1.29 is 13.2 Å². The van der Waals surface area contributed by atoms with Crippen molar-refractivity contribution in [2.24, 2.45) is 0 Å². The van der Waals surface area contributed by atoms with E-state index in [-0.39, 0.29) is 21.7 Å². The van der Waals surface area contributed by atoms with E-state index in [1.807, 2.05) is 50.2 Å². The monoisotopic (exact) mass is 467 g/mol. The highest BCUT2D eigenvalue weighted by atomic mass is 32.2. The first-order valence-corrected chi connectivity index (χ1v) is 12.6. The molecule has 33 heavy (non-hydrogen) atoms. The highest BCUT2D eigenvalue weighted by Gasteiger charge is 2.27. The molecule has 8 nitrogen and oxygen atoms in total. The number of para-hydroxylation sites is 1. The lowest BCUT2D eigenvalue weighted by Crippen LogP contribution is -2.11. The summed E-state index contributed by atoms with van der Waals surface area (Å²) in [5, 5.41) is 12.2. The summed E-state index contributed by atoms with van der Waals surface area (Å²) < 4.78 is 33.9. The zero-order valence-corrected chi connectivity index (χ0v) is 20.1. The van der Waals surface area contributed by atoms with E-state index in [1.165, 1.54) is 4.52 Å². The Morgan fingerprint density at radius 2 is 1.76 bits per heavy atom. The van der Waals surface area contributed by atoms with E-state index in [2.05, 4.69) is 34.5 Å². The third-order valence-corrected chi connectivity index (χ3v) is 7.06. The Bertz CT molecular complexity index is 1360. The molecule has 0 saturated heterocycles. The highest BCUT2D eigenvalue weighted by Crippen LogP contribution is 2.28. The quantitative estimate of drug-likeness (QED) is 0.363. The van der Waals surface area contributed by atoms with Gasteiger partial charge in [-0.05, 0) is 56.0 Å². The van der Waals surface area contributed by atoms with Crippen molar-refractivity contribution in [1.82, 2.24) is 19.8 Å². The van der Waals surface area contributed by atoms with Crippen molar-refractivity contribution in [2.75, 3.05) is 18.5 Å². The zero-order chi connectivity index (χ0) is 23.6. The van der Waals surface area contributed by atoms with Gasteiger partial charge in [-0.3, -0.25) is 0 Å². The molecule has 0 fully saturated rings. The summed E-state index contributed by atoms with van der Waals surface area (Å²) >= 11 is 0. The van der Waals surface area contributed by atoms with Crippen LogP contribution in [0.2, 0.25) is 0 Å². The van der Waals surface area contributed by atoms with Crippen LogP contribution in [0, 0.1) is 0 Å². The van der Waals surface area contributed by atoms with Crippen molar-refractivity contribution in [1.29, 1.82) is 0 Å². The molecule has 0 radical (unpaired) electrons. The number of fused-ring (bicyclic) bond motifs is 3. The molecule has 4 rings (SSSR count). The van der Waals surface area contributed by atoms with E-state index >= 15 is 0 Å². The van der Waals surface area contributed by atoms with Crippen LogP contribution in [0.5, 0.6) is 0 Å². The van der Waals surface area contributed by atoms with Crippen molar-refractivity contribution >= 4 is 32.2 Å². The Labute approximate surface area is 193 Å². The van der Waals surface area contributed by atoms with Crippen molar-refractivity contribution in [3.05, 3.63) is 54.1 Å². The number of sulfone groups is 1. The van der Waals surface area contributed by atoms with E-state index in [4.69, 9.17) is 4.74 Å². The molecule has 0 aliphatic rings. The Hall–Kier alpha value is -3.04. The molecule has 0 bridgehead atoms. The van der Waals surface area contributed by atoms with Gasteiger partial charge < -0.3 is 10.1 Å². The first-order chi connectivity index (χ1) is 15.8. The number of benzene rings is 2. The smallest absolute Gasteiger partial charge is 0.229 e. The van der Waals surface area contributed by atoms with Crippen molar-refractivity contribution in [3.63, 3.8) is 0 Å². The predicted molar refractivity (Wildman–Crippen MR) is 128 cm³/mol. The second kappa shape index (κ2) is 9.44. The molecule has 0 spiro atoms. The van der Waals surface area contributed by atoms with Crippen LogP contribution in [-0.4, -0.2) is 47.5 Å². The fourth-order valence-corrected chi connectivity index (χ4v) is 4.83. The molecule has 1 N–H and O–H groups in total. The van der Waals surface area contributed by atoms with Crippen LogP contribution in [0.1, 0.15) is 45.6 Å². The SMILES string of the molecule is CC(C)OCCCNc1nc2c(S(=O)(=O)c3ccc(C(C)C)cc3)nnn2c2ccccc12. The average molecular weight is 468 g/mol. The molecule has 0 atom stereocenters. The number of hydrogen-bond donors (Lipinski definition) is 1. The van der Waals surface area contributed by atoms with Gasteiger partial charge in [-0.1, -0.05) is 43.3 Å². The van der Waals surface area contributed by atoms with Crippen LogP contribution < -0.4 is 5.32 Å². The minimum Gasteiger partial charge on any atom is -0.379 e. The third-order valence-electron chi connectivity index (χ3n) is 5.40. The Kier molecular flexibility index (Phi) is 6.62. The maximum absolute atomic E-state index is 13.4. The van der Waals surface area contributed by atoms with Crippen LogP contribution in [0.15, 0.2) is 58.5 Å². The van der Waals surface area contributed by atoms with Crippen LogP contribution in [-0.2, 0) is 14.6 Å². The van der Waals surface area contributed by atoms with Gasteiger partial charge in [-0.15, -0.1) is 5.10 Å². The molecule has 0 amide bonds. The molecule has 174 valence electrons. The molecule has 0 aliphatic heterocycles. The van der Waals surface area contributed by atoms with E-state index in [0.29, 0.717) is 24.9 Å². The Morgan fingerprint density at radius 3 is 2.45 bits per heavy atom. The molecule has 2 heterocycles. The summed E-state index contributed by atoms with van der Waals surface area (Å²) in [6, 6.07) is 14.5. The summed E-state index contributed by atoms with van der Waals surface area (Å²) in [4.78, 5) is 4.81. The minimum absolute atomic E-state index is 0.156. The minimum atomic E-state index is -3.89. The largest absolute Gasteiger partial charge is 0.379 e. The average Bonchev–Trinajstić information content (AvgIpc) is 3.23. The highest BCUT2D eigenvalue weighted by molar-refractivity contribution is 7.91. The fraction of sp³-hybridized carbons (Fsp3) is 0.375. The summed E-state index contributed by atoms with van der Waals surface area (Å²) in [6.45, 7) is 9.40. The summed E-state index contributed by atoms with van der Waals surface area (Å²) in [6.07, 6.45) is 0.977. The van der Waals surface area contributed by atoms with Crippen LogP contribution >= 0.6 is 0 Å². The predicted octanol–water partition coefficient (Wildman–Crippen LogP) is 4.46. The number of ether oxygens (including phenoxy) is 1. The zero-order valence-electron chi connectivity index (χ0n) is 19.3. The van der Waals surface area contributed by atoms with E-state index in [9.17, 15) is 8.42 Å². The standard InChI is InChI=1S/C24H29N5O3S/c1-16(2)18-10-12-19(13-11-18)33(30,31)24-23-26-22(25-14-7-15-32-17(3)4)20-8-5-6-9-21(20)29(23)28-27-24/h5-6,8-13,16-17H,7,14-15H2,1-4H3,(H,25,26). The molecule has 0 unspecified atom stereocenters. The van der Waals surface area contributed by atoms with Crippen LogP contribution in [0.25, 0.3) is 16.6 Å². The first-order valence-electron chi connectivity index (χ1n) is 11.1. The molecular formula is C24H29N5O3S. The van der Waals surface area contributed by atoms with Crippen LogP contribution in [0.3, 0.4) is 0 Å².